The van der Waals surface area contributed by atoms with Crippen LogP contribution in [-0.2, 0) is 0 Å². The second kappa shape index (κ2) is 8.20. The lowest BCUT2D eigenvalue weighted by Gasteiger charge is -2.19. The Kier molecular flexibility index (Phi) is 6.82. The smallest absolute Gasteiger partial charge is 0.0315 e. The molecule has 0 spiro atoms. The molecule has 0 aliphatic carbocycles. The third-order valence-electron chi connectivity index (χ3n) is 3.18. The van der Waals surface area contributed by atoms with Gasteiger partial charge in [-0.15, -0.1) is 0 Å². The fraction of sp³-hybridized carbons (Fsp3) is 0.643. The molecule has 17 heavy (non-hydrogen) atoms. The molecule has 1 heterocycles. The van der Waals surface area contributed by atoms with E-state index in [1.165, 1.54) is 18.5 Å². The minimum Gasteiger partial charge on any atom is -0.310 e. The Morgan fingerprint density at radius 2 is 2.12 bits per heavy atom. The molecule has 0 radical (unpaired) electrons. The van der Waals surface area contributed by atoms with Crippen LogP contribution in [0.5, 0.6) is 0 Å². The molecule has 1 N–H and O–H groups in total. The highest BCUT2D eigenvalue weighted by Crippen LogP contribution is 2.09. The lowest BCUT2D eigenvalue weighted by molar-refractivity contribution is 0.296. The van der Waals surface area contributed by atoms with Crippen molar-refractivity contribution in [3.63, 3.8) is 0 Å². The lowest BCUT2D eigenvalue weighted by Crippen LogP contribution is -2.28. The van der Waals surface area contributed by atoms with Gasteiger partial charge in [-0.1, -0.05) is 19.9 Å². The van der Waals surface area contributed by atoms with Gasteiger partial charge in [-0.05, 0) is 51.2 Å². The second-order valence-corrected chi connectivity index (χ2v) is 4.34. The summed E-state index contributed by atoms with van der Waals surface area (Å²) >= 11 is 0. The highest BCUT2D eigenvalue weighted by Gasteiger charge is 2.04. The van der Waals surface area contributed by atoms with Crippen molar-refractivity contribution in [2.75, 3.05) is 26.2 Å². The van der Waals surface area contributed by atoms with Crippen molar-refractivity contribution in [3.8, 4) is 0 Å². The van der Waals surface area contributed by atoms with Gasteiger partial charge in [-0.2, -0.15) is 0 Å². The molecule has 0 aromatic carbocycles. The van der Waals surface area contributed by atoms with Crippen LogP contribution >= 0.6 is 0 Å². The Hall–Kier alpha value is -0.930. The third-order valence-corrected chi connectivity index (χ3v) is 3.18. The van der Waals surface area contributed by atoms with E-state index >= 15 is 0 Å². The van der Waals surface area contributed by atoms with E-state index in [1.807, 2.05) is 18.5 Å². The van der Waals surface area contributed by atoms with E-state index in [4.69, 9.17) is 0 Å². The maximum atomic E-state index is 4.14. The molecule has 1 atom stereocenters. The van der Waals surface area contributed by atoms with Crippen LogP contribution in [0.2, 0.25) is 0 Å². The second-order valence-electron chi connectivity index (χ2n) is 4.34. The normalized spacial score (nSPS) is 12.9. The van der Waals surface area contributed by atoms with Crippen LogP contribution in [0, 0.1) is 0 Å². The van der Waals surface area contributed by atoms with Gasteiger partial charge in [0.1, 0.15) is 0 Å². The highest BCUT2D eigenvalue weighted by molar-refractivity contribution is 5.12. The molecule has 0 bridgehead atoms. The average Bonchev–Trinajstić information content (AvgIpc) is 2.40. The van der Waals surface area contributed by atoms with E-state index in [-0.39, 0.29) is 0 Å². The van der Waals surface area contributed by atoms with Gasteiger partial charge in [0.05, 0.1) is 0 Å². The number of hydrogen-bond donors (Lipinski definition) is 1. The monoisotopic (exact) mass is 235 g/mol. The summed E-state index contributed by atoms with van der Waals surface area (Å²) in [7, 11) is 0. The Bertz CT molecular complexity index is 283. The summed E-state index contributed by atoms with van der Waals surface area (Å²) in [5.41, 5.74) is 1.26. The minimum absolute atomic E-state index is 0.389. The summed E-state index contributed by atoms with van der Waals surface area (Å²) in [6.07, 6.45) is 4.95. The van der Waals surface area contributed by atoms with Crippen molar-refractivity contribution in [2.45, 2.75) is 33.2 Å². The number of rotatable bonds is 8. The molecule has 0 saturated carbocycles. The quantitative estimate of drug-likeness (QED) is 0.702. The molecule has 3 nitrogen and oxygen atoms in total. The Balaban J connectivity index is 2.19. The van der Waals surface area contributed by atoms with Crippen molar-refractivity contribution in [2.24, 2.45) is 0 Å². The zero-order chi connectivity index (χ0) is 12.5. The molecular weight excluding hydrogens is 210 g/mol. The molecule has 0 saturated heterocycles. The molecule has 96 valence electrons. The Morgan fingerprint density at radius 3 is 2.71 bits per heavy atom. The first-order valence-corrected chi connectivity index (χ1v) is 6.63. The van der Waals surface area contributed by atoms with Crippen LogP contribution in [0.1, 0.15) is 38.8 Å². The van der Waals surface area contributed by atoms with Gasteiger partial charge in [0, 0.05) is 18.4 Å². The van der Waals surface area contributed by atoms with Crippen LogP contribution in [0.15, 0.2) is 24.5 Å². The Morgan fingerprint density at radius 1 is 1.35 bits per heavy atom. The molecule has 1 unspecified atom stereocenters. The summed E-state index contributed by atoms with van der Waals surface area (Å²) in [4.78, 5) is 6.60. The maximum Gasteiger partial charge on any atom is 0.0315 e. The van der Waals surface area contributed by atoms with Gasteiger partial charge >= 0.3 is 0 Å². The van der Waals surface area contributed by atoms with Crippen molar-refractivity contribution < 1.29 is 0 Å². The van der Waals surface area contributed by atoms with E-state index in [1.54, 1.807) is 0 Å². The maximum absolute atomic E-state index is 4.14. The SMILES string of the molecule is CCN(CC)CCCNC(C)c1cccnc1. The highest BCUT2D eigenvalue weighted by atomic mass is 15.1. The van der Waals surface area contributed by atoms with Gasteiger partial charge in [-0.25, -0.2) is 0 Å². The largest absolute Gasteiger partial charge is 0.310 e. The minimum atomic E-state index is 0.389. The van der Waals surface area contributed by atoms with E-state index in [0.29, 0.717) is 6.04 Å². The molecular formula is C14H25N3. The van der Waals surface area contributed by atoms with Crippen LogP contribution in [0.4, 0.5) is 0 Å². The Labute approximate surface area is 105 Å². The van der Waals surface area contributed by atoms with E-state index in [9.17, 15) is 0 Å². The molecule has 0 aliphatic rings. The van der Waals surface area contributed by atoms with Crippen molar-refractivity contribution in [1.29, 1.82) is 0 Å². The third kappa shape index (κ3) is 5.29. The number of nitrogens with zero attached hydrogens (tertiary/aromatic N) is 2. The van der Waals surface area contributed by atoms with Crippen molar-refractivity contribution in [3.05, 3.63) is 30.1 Å². The van der Waals surface area contributed by atoms with Gasteiger partial charge in [-0.3, -0.25) is 4.98 Å². The summed E-state index contributed by atoms with van der Waals surface area (Å²) in [5.74, 6) is 0. The van der Waals surface area contributed by atoms with Crippen LogP contribution in [0.25, 0.3) is 0 Å². The molecule has 1 aromatic heterocycles. The topological polar surface area (TPSA) is 28.2 Å². The fourth-order valence-corrected chi connectivity index (χ4v) is 1.91. The molecule has 1 rings (SSSR count). The van der Waals surface area contributed by atoms with Gasteiger partial charge in [0.15, 0.2) is 0 Å². The summed E-state index contributed by atoms with van der Waals surface area (Å²) in [6, 6.07) is 4.50. The molecule has 0 aliphatic heterocycles. The zero-order valence-electron chi connectivity index (χ0n) is 11.3. The van der Waals surface area contributed by atoms with Crippen molar-refractivity contribution >= 4 is 0 Å². The molecule has 1 aromatic rings. The summed E-state index contributed by atoms with van der Waals surface area (Å²) in [6.45, 7) is 11.2. The standard InChI is InChI=1S/C14H25N3/c1-4-17(5-2)11-7-10-16-13(3)14-8-6-9-15-12-14/h6,8-9,12-13,16H,4-5,7,10-11H2,1-3H3. The lowest BCUT2D eigenvalue weighted by atomic mass is 10.1. The van der Waals surface area contributed by atoms with Crippen LogP contribution < -0.4 is 5.32 Å². The van der Waals surface area contributed by atoms with Crippen molar-refractivity contribution in [1.82, 2.24) is 15.2 Å². The van der Waals surface area contributed by atoms with E-state index in [0.717, 1.165) is 19.6 Å². The number of hydrogen-bond acceptors (Lipinski definition) is 3. The van der Waals surface area contributed by atoms with E-state index in [2.05, 4.69) is 42.0 Å². The summed E-state index contributed by atoms with van der Waals surface area (Å²) < 4.78 is 0. The molecule has 3 heteroatoms. The fourth-order valence-electron chi connectivity index (χ4n) is 1.91. The first-order valence-electron chi connectivity index (χ1n) is 6.63. The van der Waals surface area contributed by atoms with Crippen LogP contribution in [0.3, 0.4) is 0 Å². The molecule has 0 fully saturated rings. The van der Waals surface area contributed by atoms with Gasteiger partial charge in [0.2, 0.25) is 0 Å². The first-order chi connectivity index (χ1) is 8.27. The zero-order valence-corrected chi connectivity index (χ0v) is 11.3. The first kappa shape index (κ1) is 14.1. The predicted octanol–water partition coefficient (Wildman–Crippen LogP) is 2.46. The van der Waals surface area contributed by atoms with E-state index < -0.39 is 0 Å². The number of aromatic nitrogens is 1. The van der Waals surface area contributed by atoms with Gasteiger partial charge < -0.3 is 10.2 Å². The van der Waals surface area contributed by atoms with Gasteiger partial charge in [0.25, 0.3) is 0 Å². The van der Waals surface area contributed by atoms with Crippen LogP contribution in [-0.4, -0.2) is 36.1 Å². The number of nitrogens with one attached hydrogen (secondary N) is 1. The summed E-state index contributed by atoms with van der Waals surface area (Å²) in [5, 5.41) is 3.54. The number of pyridine rings is 1. The predicted molar refractivity (Wildman–Crippen MR) is 73.1 cm³/mol. The molecule has 0 amide bonds. The average molecular weight is 235 g/mol.